The number of ketones is 1. The Kier molecular flexibility index (Phi) is 2.27. The second kappa shape index (κ2) is 2.93. The maximum atomic E-state index is 11.8. The summed E-state index contributed by atoms with van der Waals surface area (Å²) in [6.45, 7) is 0. The van der Waals surface area contributed by atoms with E-state index in [9.17, 15) is 18.0 Å². The fourth-order valence-corrected chi connectivity index (χ4v) is 0.966. The number of hydrogen-bond donors (Lipinski definition) is 0. The highest BCUT2D eigenvalue weighted by molar-refractivity contribution is 9.10. The lowest BCUT2D eigenvalue weighted by atomic mass is 10.3. The first kappa shape index (κ1) is 9.31. The van der Waals surface area contributed by atoms with Crippen LogP contribution in [-0.2, 0) is 0 Å². The molecule has 6 heteroatoms. The van der Waals surface area contributed by atoms with E-state index in [4.69, 9.17) is 0 Å². The van der Waals surface area contributed by atoms with Gasteiger partial charge in [-0.1, -0.05) is 0 Å². The average molecular weight is 243 g/mol. The molecular weight excluding hydrogens is 241 g/mol. The maximum Gasteiger partial charge on any atom is 0.458 e. The Labute approximate surface area is 73.5 Å². The Morgan fingerprint density at radius 2 is 2.08 bits per heavy atom. The molecule has 0 N–H and O–H groups in total. The molecule has 1 heterocycles. The van der Waals surface area contributed by atoms with Gasteiger partial charge < -0.3 is 4.42 Å². The van der Waals surface area contributed by atoms with Crippen molar-refractivity contribution >= 4 is 21.7 Å². The molecule has 0 aliphatic rings. The highest BCUT2D eigenvalue weighted by atomic mass is 79.9. The van der Waals surface area contributed by atoms with Gasteiger partial charge >= 0.3 is 12.0 Å². The fraction of sp³-hybridized carbons (Fsp3) is 0.167. The number of carbonyl (C=O) groups excluding carboxylic acids is 1. The lowest BCUT2D eigenvalue weighted by Crippen LogP contribution is -2.22. The van der Waals surface area contributed by atoms with E-state index in [1.165, 1.54) is 6.07 Å². The minimum atomic E-state index is -4.89. The van der Waals surface area contributed by atoms with Crippen LogP contribution in [0.3, 0.4) is 0 Å². The summed E-state index contributed by atoms with van der Waals surface area (Å²) in [5, 5.41) is 0. The van der Waals surface area contributed by atoms with Gasteiger partial charge in [-0.2, -0.15) is 13.2 Å². The molecule has 0 aromatic carbocycles. The van der Waals surface area contributed by atoms with Gasteiger partial charge in [0.15, 0.2) is 5.76 Å². The van der Waals surface area contributed by atoms with Crippen molar-refractivity contribution in [3.8, 4) is 0 Å². The summed E-state index contributed by atoms with van der Waals surface area (Å²) in [5.41, 5.74) is 0. The summed E-state index contributed by atoms with van der Waals surface area (Å²) in [6, 6.07) is 1.22. The normalized spacial score (nSPS) is 11.7. The zero-order chi connectivity index (χ0) is 9.35. The largest absolute Gasteiger partial charge is 0.460 e. The van der Waals surface area contributed by atoms with Gasteiger partial charge in [0.2, 0.25) is 0 Å². The van der Waals surface area contributed by atoms with Gasteiger partial charge in [0.25, 0.3) is 0 Å². The Morgan fingerprint density at radius 1 is 1.50 bits per heavy atom. The maximum absolute atomic E-state index is 11.8. The number of Topliss-reactive ketones (excluding diaryl/α,β-unsaturated/α-hetero) is 1. The van der Waals surface area contributed by atoms with Crippen LogP contribution in [-0.4, -0.2) is 12.0 Å². The van der Waals surface area contributed by atoms with Gasteiger partial charge in [0, 0.05) is 0 Å². The van der Waals surface area contributed by atoms with E-state index >= 15 is 0 Å². The highest BCUT2D eigenvalue weighted by Gasteiger charge is 2.42. The van der Waals surface area contributed by atoms with Crippen molar-refractivity contribution in [1.29, 1.82) is 0 Å². The third kappa shape index (κ3) is 1.69. The third-order valence-electron chi connectivity index (χ3n) is 1.08. The average Bonchev–Trinajstić information content (AvgIpc) is 2.31. The molecule has 2 nitrogen and oxygen atoms in total. The summed E-state index contributed by atoms with van der Waals surface area (Å²) in [7, 11) is 0. The van der Waals surface area contributed by atoms with Gasteiger partial charge in [0.05, 0.1) is 10.7 Å². The molecule has 0 aliphatic heterocycles. The van der Waals surface area contributed by atoms with Crippen LogP contribution in [0.1, 0.15) is 10.6 Å². The number of rotatable bonds is 1. The van der Waals surface area contributed by atoms with Crippen molar-refractivity contribution in [2.24, 2.45) is 0 Å². The Hall–Kier alpha value is -0.780. The number of alkyl halides is 3. The number of carbonyl (C=O) groups is 1. The van der Waals surface area contributed by atoms with E-state index in [1.807, 2.05) is 0 Å². The molecule has 0 fully saturated rings. The summed E-state index contributed by atoms with van der Waals surface area (Å²) in [5.74, 6) is -2.71. The lowest BCUT2D eigenvalue weighted by Gasteiger charge is -2.01. The molecule has 0 saturated heterocycles. The molecule has 0 aliphatic carbocycles. The van der Waals surface area contributed by atoms with Crippen molar-refractivity contribution in [2.75, 3.05) is 0 Å². The predicted octanol–water partition coefficient (Wildman–Crippen LogP) is 2.79. The van der Waals surface area contributed by atoms with Crippen LogP contribution >= 0.6 is 15.9 Å². The predicted molar refractivity (Wildman–Crippen MR) is 36.8 cm³/mol. The van der Waals surface area contributed by atoms with Crippen LogP contribution in [0, 0.1) is 0 Å². The van der Waals surface area contributed by atoms with Gasteiger partial charge in [0.1, 0.15) is 0 Å². The molecule has 66 valence electrons. The number of furan rings is 1. The SMILES string of the molecule is O=C(c1occc1Br)C(F)(F)F. The minimum absolute atomic E-state index is 0.00447. The molecule has 12 heavy (non-hydrogen) atoms. The van der Waals surface area contributed by atoms with E-state index in [-0.39, 0.29) is 4.47 Å². The van der Waals surface area contributed by atoms with Crippen molar-refractivity contribution in [2.45, 2.75) is 6.18 Å². The first-order chi connectivity index (χ1) is 5.43. The van der Waals surface area contributed by atoms with E-state index in [1.54, 1.807) is 0 Å². The van der Waals surface area contributed by atoms with E-state index in [0.29, 0.717) is 0 Å². The van der Waals surface area contributed by atoms with Crippen LogP contribution < -0.4 is 0 Å². The monoisotopic (exact) mass is 242 g/mol. The highest BCUT2D eigenvalue weighted by Crippen LogP contribution is 2.26. The molecule has 0 atom stereocenters. The first-order valence-corrected chi connectivity index (χ1v) is 3.56. The zero-order valence-corrected chi connectivity index (χ0v) is 7.07. The Morgan fingerprint density at radius 3 is 2.42 bits per heavy atom. The fourth-order valence-electron chi connectivity index (χ4n) is 0.584. The lowest BCUT2D eigenvalue weighted by molar-refractivity contribution is -0.0900. The zero-order valence-electron chi connectivity index (χ0n) is 5.48. The molecule has 1 rings (SSSR count). The standard InChI is InChI=1S/C6H2BrF3O2/c7-3-1-2-12-4(3)5(11)6(8,9)10/h1-2H. The summed E-state index contributed by atoms with van der Waals surface area (Å²) in [6.07, 6.45) is -3.89. The van der Waals surface area contributed by atoms with Gasteiger partial charge in [-0.25, -0.2) is 0 Å². The van der Waals surface area contributed by atoms with E-state index in [2.05, 4.69) is 20.3 Å². The summed E-state index contributed by atoms with van der Waals surface area (Å²) >= 11 is 2.74. The molecule has 0 amide bonds. The molecule has 1 aromatic heterocycles. The van der Waals surface area contributed by atoms with Crippen molar-refractivity contribution in [3.63, 3.8) is 0 Å². The van der Waals surface area contributed by atoms with Crippen LogP contribution in [0.25, 0.3) is 0 Å². The topological polar surface area (TPSA) is 30.2 Å². The van der Waals surface area contributed by atoms with E-state index < -0.39 is 17.7 Å². The minimum Gasteiger partial charge on any atom is -0.460 e. The molecule has 0 bridgehead atoms. The number of hydrogen-bond acceptors (Lipinski definition) is 2. The molecule has 0 spiro atoms. The van der Waals surface area contributed by atoms with E-state index in [0.717, 1.165) is 6.26 Å². The quantitative estimate of drug-likeness (QED) is 0.710. The second-order valence-electron chi connectivity index (χ2n) is 1.92. The van der Waals surface area contributed by atoms with Crippen LogP contribution in [0.5, 0.6) is 0 Å². The van der Waals surface area contributed by atoms with Crippen molar-refractivity contribution in [1.82, 2.24) is 0 Å². The second-order valence-corrected chi connectivity index (χ2v) is 2.78. The van der Waals surface area contributed by atoms with Gasteiger partial charge in [-0.15, -0.1) is 0 Å². The van der Waals surface area contributed by atoms with Crippen molar-refractivity contribution in [3.05, 3.63) is 22.6 Å². The van der Waals surface area contributed by atoms with Gasteiger partial charge in [-0.3, -0.25) is 4.79 Å². The molecule has 0 unspecified atom stereocenters. The summed E-state index contributed by atoms with van der Waals surface area (Å²) in [4.78, 5) is 10.5. The summed E-state index contributed by atoms with van der Waals surface area (Å²) < 4.78 is 39.6. The Bertz CT molecular complexity index is 302. The number of halogens is 4. The molecular formula is C6H2BrF3O2. The van der Waals surface area contributed by atoms with Crippen LogP contribution in [0.15, 0.2) is 21.2 Å². The van der Waals surface area contributed by atoms with Crippen LogP contribution in [0.2, 0.25) is 0 Å². The Balaban J connectivity index is 3.01. The third-order valence-corrected chi connectivity index (χ3v) is 1.71. The first-order valence-electron chi connectivity index (χ1n) is 2.77. The smallest absolute Gasteiger partial charge is 0.458 e. The molecule has 0 radical (unpaired) electrons. The molecule has 0 saturated carbocycles. The van der Waals surface area contributed by atoms with Crippen molar-refractivity contribution < 1.29 is 22.4 Å². The van der Waals surface area contributed by atoms with Crippen LogP contribution in [0.4, 0.5) is 13.2 Å². The molecule has 1 aromatic rings. The van der Waals surface area contributed by atoms with Gasteiger partial charge in [-0.05, 0) is 22.0 Å².